The predicted molar refractivity (Wildman–Crippen MR) is 113 cm³/mol. The maximum Gasteiger partial charge on any atom is 0.331 e. The normalized spacial score (nSPS) is 28.5. The summed E-state index contributed by atoms with van der Waals surface area (Å²) in [6, 6.07) is 0. The number of nitrogens with zero attached hydrogens (tertiary/aromatic N) is 1. The molecule has 0 bridgehead atoms. The Kier molecular flexibility index (Phi) is 9.46. The fourth-order valence-electron chi connectivity index (χ4n) is 3.70. The molecule has 30 heavy (non-hydrogen) atoms. The van der Waals surface area contributed by atoms with Gasteiger partial charge in [0.05, 0.1) is 5.92 Å². The summed E-state index contributed by atoms with van der Waals surface area (Å²) in [5.74, 6) is -4.89. The molecule has 1 N–H and O–H groups in total. The van der Waals surface area contributed by atoms with E-state index in [9.17, 15) is 24.3 Å². The van der Waals surface area contributed by atoms with Gasteiger partial charge >= 0.3 is 11.9 Å². The van der Waals surface area contributed by atoms with Crippen molar-refractivity contribution in [1.29, 1.82) is 0 Å². The lowest BCUT2D eigenvalue weighted by atomic mass is 9.74. The quantitative estimate of drug-likeness (QED) is 0.522. The molecule has 0 heterocycles. The zero-order valence-electron chi connectivity index (χ0n) is 18.9. The van der Waals surface area contributed by atoms with E-state index in [1.54, 1.807) is 27.1 Å². The Balaban J connectivity index is 3.59. The van der Waals surface area contributed by atoms with Crippen LogP contribution in [-0.4, -0.2) is 53.8 Å². The second-order valence-electron chi connectivity index (χ2n) is 8.85. The van der Waals surface area contributed by atoms with Crippen LogP contribution in [0.5, 0.6) is 0 Å². The van der Waals surface area contributed by atoms with Crippen molar-refractivity contribution >= 4 is 23.6 Å². The third kappa shape index (κ3) is 6.82. The van der Waals surface area contributed by atoms with E-state index >= 15 is 0 Å². The van der Waals surface area contributed by atoms with Gasteiger partial charge in [0.2, 0.25) is 5.91 Å². The van der Waals surface area contributed by atoms with E-state index < -0.39 is 35.8 Å². The molecular weight excluding hydrogens is 386 g/mol. The van der Waals surface area contributed by atoms with Crippen molar-refractivity contribution < 1.29 is 29.0 Å². The molecule has 0 aromatic carbocycles. The summed E-state index contributed by atoms with van der Waals surface area (Å²) < 4.78 is 5.77. The van der Waals surface area contributed by atoms with Crippen molar-refractivity contribution in [2.75, 3.05) is 14.1 Å². The van der Waals surface area contributed by atoms with Gasteiger partial charge in [0.25, 0.3) is 0 Å². The molecule has 1 unspecified atom stereocenters. The van der Waals surface area contributed by atoms with Gasteiger partial charge in [-0.25, -0.2) is 4.79 Å². The molecule has 5 atom stereocenters. The fourth-order valence-corrected chi connectivity index (χ4v) is 3.70. The molecular formula is C23H35NO6. The van der Waals surface area contributed by atoms with Crippen LogP contribution in [0.15, 0.2) is 24.3 Å². The van der Waals surface area contributed by atoms with Crippen LogP contribution >= 0.6 is 0 Å². The number of esters is 1. The smallest absolute Gasteiger partial charge is 0.331 e. The Labute approximate surface area is 179 Å². The van der Waals surface area contributed by atoms with Gasteiger partial charge in [0.1, 0.15) is 6.10 Å². The maximum absolute atomic E-state index is 13.1. The summed E-state index contributed by atoms with van der Waals surface area (Å²) in [4.78, 5) is 51.6. The average Bonchev–Trinajstić information content (AvgIpc) is 2.64. The fraction of sp³-hybridized carbons (Fsp3) is 0.652. The van der Waals surface area contributed by atoms with Crippen LogP contribution in [0.3, 0.4) is 0 Å². The molecule has 1 aliphatic rings. The van der Waals surface area contributed by atoms with Crippen LogP contribution in [0.25, 0.3) is 0 Å². The SMILES string of the molecule is C=C(C(=O)O)[C@H]1CC[C@H](C)/C=C\C(=O)[C@@H](C)C(C(=O)N(C)C)[C@H]1OC(=O)CC(C)C. The summed E-state index contributed by atoms with van der Waals surface area (Å²) in [6.07, 6.45) is 3.23. The second-order valence-corrected chi connectivity index (χ2v) is 8.85. The highest BCUT2D eigenvalue weighted by Gasteiger charge is 2.45. The first kappa shape index (κ1) is 25.6. The van der Waals surface area contributed by atoms with Crippen LogP contribution in [0.2, 0.25) is 0 Å². The molecule has 7 nitrogen and oxygen atoms in total. The number of aliphatic carboxylic acids is 1. The zero-order valence-corrected chi connectivity index (χ0v) is 18.9. The molecule has 1 amide bonds. The van der Waals surface area contributed by atoms with Crippen molar-refractivity contribution in [3.05, 3.63) is 24.3 Å². The lowest BCUT2D eigenvalue weighted by molar-refractivity contribution is -0.164. The van der Waals surface area contributed by atoms with E-state index in [0.717, 1.165) is 0 Å². The first-order valence-corrected chi connectivity index (χ1v) is 10.4. The van der Waals surface area contributed by atoms with E-state index in [0.29, 0.717) is 12.8 Å². The number of carbonyl (C=O) groups is 4. The molecule has 1 aliphatic carbocycles. The average molecular weight is 422 g/mol. The maximum atomic E-state index is 13.1. The number of carbonyl (C=O) groups excluding carboxylic acids is 3. The molecule has 0 spiro atoms. The summed E-state index contributed by atoms with van der Waals surface area (Å²) >= 11 is 0. The minimum absolute atomic E-state index is 0.0263. The molecule has 0 fully saturated rings. The summed E-state index contributed by atoms with van der Waals surface area (Å²) in [5, 5.41) is 9.62. The van der Waals surface area contributed by atoms with Crippen molar-refractivity contribution in [3.63, 3.8) is 0 Å². The lowest BCUT2D eigenvalue weighted by Crippen LogP contribution is -2.48. The number of hydrogen-bond donors (Lipinski definition) is 1. The highest BCUT2D eigenvalue weighted by molar-refractivity contribution is 5.96. The molecule has 0 saturated carbocycles. The zero-order chi connectivity index (χ0) is 23.2. The summed E-state index contributed by atoms with van der Waals surface area (Å²) in [5.41, 5.74) is -0.120. The van der Waals surface area contributed by atoms with Gasteiger partial charge in [0.15, 0.2) is 5.78 Å². The Morgan fingerprint density at radius 3 is 2.33 bits per heavy atom. The van der Waals surface area contributed by atoms with Crippen LogP contribution in [-0.2, 0) is 23.9 Å². The monoisotopic (exact) mass is 421 g/mol. The van der Waals surface area contributed by atoms with Gasteiger partial charge < -0.3 is 14.7 Å². The number of rotatable bonds is 6. The topological polar surface area (TPSA) is 101 Å². The number of carboxylic acids is 1. The van der Waals surface area contributed by atoms with E-state index in [1.807, 2.05) is 20.8 Å². The third-order valence-corrected chi connectivity index (χ3v) is 5.55. The van der Waals surface area contributed by atoms with Crippen molar-refractivity contribution in [2.24, 2.45) is 29.6 Å². The third-order valence-electron chi connectivity index (χ3n) is 5.55. The minimum Gasteiger partial charge on any atom is -0.478 e. The first-order chi connectivity index (χ1) is 13.9. The molecule has 1 rings (SSSR count). The number of amides is 1. The van der Waals surface area contributed by atoms with Gasteiger partial charge in [-0.1, -0.05) is 40.3 Å². The van der Waals surface area contributed by atoms with Crippen molar-refractivity contribution in [3.8, 4) is 0 Å². The highest BCUT2D eigenvalue weighted by Crippen LogP contribution is 2.35. The van der Waals surface area contributed by atoms with Crippen molar-refractivity contribution in [2.45, 2.75) is 53.1 Å². The predicted octanol–water partition coefficient (Wildman–Crippen LogP) is 3.10. The number of hydrogen-bond acceptors (Lipinski definition) is 5. The molecule has 0 saturated heterocycles. The molecule has 168 valence electrons. The number of allylic oxidation sites excluding steroid dienone is 2. The van der Waals surface area contributed by atoms with Gasteiger partial charge in [0, 0.05) is 37.9 Å². The van der Waals surface area contributed by atoms with E-state index in [2.05, 4.69) is 6.58 Å². The van der Waals surface area contributed by atoms with E-state index in [-0.39, 0.29) is 35.5 Å². The lowest BCUT2D eigenvalue weighted by Gasteiger charge is -2.37. The minimum atomic E-state index is -1.21. The Hall–Kier alpha value is -2.44. The van der Waals surface area contributed by atoms with Gasteiger partial charge in [-0.05, 0) is 30.8 Å². The van der Waals surface area contributed by atoms with Gasteiger partial charge in [-0.15, -0.1) is 0 Å². The number of carboxylic acid groups (broad SMARTS) is 1. The summed E-state index contributed by atoms with van der Waals surface area (Å²) in [7, 11) is 3.12. The van der Waals surface area contributed by atoms with Gasteiger partial charge in [-0.2, -0.15) is 0 Å². The number of ether oxygens (including phenoxy) is 1. The first-order valence-electron chi connectivity index (χ1n) is 10.4. The standard InChI is InChI=1S/C23H35NO6/c1-13(2)12-19(26)30-21-17(15(4)23(28)29)10-8-14(3)9-11-18(25)16(5)20(21)22(27)24(6)7/h9,11,13-14,16-17,20-21H,4,8,10,12H2,1-3,5-7H3,(H,28,29)/b11-9-/t14-,16+,17+,20?,21-/m0/s1. The Bertz CT molecular complexity index is 708. The summed E-state index contributed by atoms with van der Waals surface area (Å²) in [6.45, 7) is 11.0. The van der Waals surface area contributed by atoms with Crippen LogP contribution in [0, 0.1) is 29.6 Å². The highest BCUT2D eigenvalue weighted by atomic mass is 16.5. The van der Waals surface area contributed by atoms with Crippen molar-refractivity contribution in [1.82, 2.24) is 4.90 Å². The number of ketones is 1. The molecule has 7 heteroatoms. The molecule has 0 aromatic rings. The van der Waals surface area contributed by atoms with Gasteiger partial charge in [-0.3, -0.25) is 14.4 Å². The van der Waals surface area contributed by atoms with Crippen LogP contribution < -0.4 is 0 Å². The molecule has 0 aliphatic heterocycles. The van der Waals surface area contributed by atoms with E-state index in [4.69, 9.17) is 4.74 Å². The molecule has 0 radical (unpaired) electrons. The van der Waals surface area contributed by atoms with E-state index in [1.165, 1.54) is 11.0 Å². The second kappa shape index (κ2) is 11.1. The Morgan fingerprint density at radius 1 is 1.23 bits per heavy atom. The van der Waals surface area contributed by atoms with Crippen LogP contribution in [0.1, 0.15) is 47.0 Å². The van der Waals surface area contributed by atoms with Crippen LogP contribution in [0.4, 0.5) is 0 Å². The Morgan fingerprint density at radius 2 is 1.83 bits per heavy atom. The largest absolute Gasteiger partial charge is 0.478 e. The molecule has 0 aromatic heterocycles.